The number of hydrogen-bond acceptors (Lipinski definition) is 6. The predicted octanol–water partition coefficient (Wildman–Crippen LogP) is 4.14. The average molecular weight is 387 g/mol. The van der Waals surface area contributed by atoms with Crippen molar-refractivity contribution in [2.24, 2.45) is 0 Å². The summed E-state index contributed by atoms with van der Waals surface area (Å²) in [5, 5.41) is 3.51. The maximum atomic E-state index is 5.50. The van der Waals surface area contributed by atoms with Crippen LogP contribution in [0.2, 0.25) is 0 Å². The average Bonchev–Trinajstić information content (AvgIpc) is 2.80. The second kappa shape index (κ2) is 8.09. The molecule has 6 heteroatoms. The number of ether oxygens (including phenoxy) is 1. The van der Waals surface area contributed by atoms with Gasteiger partial charge in [0.25, 0.3) is 0 Å². The molecular formula is C23H25N5O. The first-order chi connectivity index (χ1) is 14.4. The van der Waals surface area contributed by atoms with E-state index in [4.69, 9.17) is 4.74 Å². The van der Waals surface area contributed by atoms with E-state index in [0.717, 1.165) is 63.0 Å². The van der Waals surface area contributed by atoms with Crippen LogP contribution in [0.1, 0.15) is 12.0 Å². The molecule has 0 spiro atoms. The van der Waals surface area contributed by atoms with E-state index in [1.54, 1.807) is 6.33 Å². The van der Waals surface area contributed by atoms with Gasteiger partial charge in [-0.05, 0) is 36.6 Å². The molecule has 1 fully saturated rings. The minimum Gasteiger partial charge on any atom is -0.378 e. The third-order valence-corrected chi connectivity index (χ3v) is 5.56. The van der Waals surface area contributed by atoms with Gasteiger partial charge in [0.1, 0.15) is 18.0 Å². The van der Waals surface area contributed by atoms with Crippen LogP contribution < -0.4 is 15.1 Å². The van der Waals surface area contributed by atoms with Crippen molar-refractivity contribution in [1.82, 2.24) is 9.97 Å². The van der Waals surface area contributed by atoms with Crippen LogP contribution in [0.15, 0.2) is 60.9 Å². The van der Waals surface area contributed by atoms with Gasteiger partial charge in [-0.15, -0.1) is 0 Å². The topological polar surface area (TPSA) is 53.5 Å². The number of fused-ring (bicyclic) bond motifs is 1. The number of para-hydroxylation sites is 3. The first-order valence-electron chi connectivity index (χ1n) is 10.2. The summed E-state index contributed by atoms with van der Waals surface area (Å²) in [6.45, 7) is 4.30. The van der Waals surface area contributed by atoms with E-state index >= 15 is 0 Å². The Bertz CT molecular complexity index is 986. The number of morpholine rings is 1. The highest BCUT2D eigenvalue weighted by Crippen LogP contribution is 2.34. The van der Waals surface area contributed by atoms with Crippen LogP contribution in [0.5, 0.6) is 0 Å². The summed E-state index contributed by atoms with van der Waals surface area (Å²) < 4.78 is 5.50. The summed E-state index contributed by atoms with van der Waals surface area (Å²) >= 11 is 0. The van der Waals surface area contributed by atoms with Crippen molar-refractivity contribution in [3.05, 3.63) is 66.5 Å². The van der Waals surface area contributed by atoms with Crippen LogP contribution in [0.3, 0.4) is 0 Å². The Morgan fingerprint density at radius 2 is 1.66 bits per heavy atom. The zero-order valence-corrected chi connectivity index (χ0v) is 16.4. The van der Waals surface area contributed by atoms with Crippen LogP contribution >= 0.6 is 0 Å². The molecule has 0 radical (unpaired) electrons. The first kappa shape index (κ1) is 17.9. The molecule has 0 saturated carbocycles. The maximum Gasteiger partial charge on any atom is 0.138 e. The molecule has 2 aliphatic heterocycles. The van der Waals surface area contributed by atoms with Gasteiger partial charge in [-0.25, -0.2) is 9.97 Å². The molecule has 1 aromatic heterocycles. The Hall–Kier alpha value is -3.12. The van der Waals surface area contributed by atoms with E-state index in [-0.39, 0.29) is 0 Å². The summed E-state index contributed by atoms with van der Waals surface area (Å²) in [7, 11) is 0. The molecule has 1 saturated heterocycles. The van der Waals surface area contributed by atoms with Gasteiger partial charge < -0.3 is 19.9 Å². The molecule has 0 atom stereocenters. The Morgan fingerprint density at radius 1 is 0.862 bits per heavy atom. The first-order valence-corrected chi connectivity index (χ1v) is 10.2. The van der Waals surface area contributed by atoms with Crippen molar-refractivity contribution >= 4 is 28.7 Å². The van der Waals surface area contributed by atoms with E-state index in [9.17, 15) is 0 Å². The van der Waals surface area contributed by atoms with Crippen molar-refractivity contribution in [2.45, 2.75) is 12.8 Å². The molecule has 2 aliphatic rings. The molecule has 0 aliphatic carbocycles. The Morgan fingerprint density at radius 3 is 2.55 bits per heavy atom. The molecule has 1 N–H and O–H groups in total. The Labute approximate surface area is 171 Å². The van der Waals surface area contributed by atoms with Crippen molar-refractivity contribution in [3.63, 3.8) is 0 Å². The van der Waals surface area contributed by atoms with Gasteiger partial charge in [0.15, 0.2) is 0 Å². The number of aromatic nitrogens is 2. The lowest BCUT2D eigenvalue weighted by atomic mass is 10.0. The fourth-order valence-electron chi connectivity index (χ4n) is 4.13. The summed E-state index contributed by atoms with van der Waals surface area (Å²) in [6, 6.07) is 19.0. The van der Waals surface area contributed by atoms with Gasteiger partial charge in [0.05, 0.1) is 24.6 Å². The lowest BCUT2D eigenvalue weighted by Crippen LogP contribution is -2.36. The number of hydrogen-bond donors (Lipinski definition) is 1. The molecule has 148 valence electrons. The fourth-order valence-corrected chi connectivity index (χ4v) is 4.13. The van der Waals surface area contributed by atoms with E-state index in [1.165, 1.54) is 16.9 Å². The van der Waals surface area contributed by atoms with Crippen molar-refractivity contribution < 1.29 is 4.74 Å². The predicted molar refractivity (Wildman–Crippen MR) is 117 cm³/mol. The molecular weight excluding hydrogens is 362 g/mol. The van der Waals surface area contributed by atoms with E-state index in [1.807, 2.05) is 6.07 Å². The van der Waals surface area contributed by atoms with Gasteiger partial charge >= 0.3 is 0 Å². The van der Waals surface area contributed by atoms with E-state index < -0.39 is 0 Å². The third-order valence-electron chi connectivity index (χ3n) is 5.56. The van der Waals surface area contributed by atoms with E-state index in [2.05, 4.69) is 73.6 Å². The molecule has 5 rings (SSSR count). The zero-order chi connectivity index (χ0) is 19.5. The molecule has 0 amide bonds. The van der Waals surface area contributed by atoms with Crippen molar-refractivity contribution in [3.8, 4) is 0 Å². The second-order valence-corrected chi connectivity index (χ2v) is 7.39. The summed E-state index contributed by atoms with van der Waals surface area (Å²) in [4.78, 5) is 13.7. The molecule has 29 heavy (non-hydrogen) atoms. The molecule has 2 aromatic carbocycles. The molecule has 3 aromatic rings. The number of aryl methyl sites for hydroxylation is 1. The van der Waals surface area contributed by atoms with Crippen molar-refractivity contribution in [1.29, 1.82) is 0 Å². The minimum atomic E-state index is 0.764. The highest BCUT2D eigenvalue weighted by atomic mass is 16.5. The third kappa shape index (κ3) is 3.76. The lowest BCUT2D eigenvalue weighted by molar-refractivity contribution is 0.123. The summed E-state index contributed by atoms with van der Waals surface area (Å²) in [6.07, 6.45) is 3.89. The number of anilines is 5. The number of nitrogens with one attached hydrogen (secondary N) is 1. The van der Waals surface area contributed by atoms with Gasteiger partial charge in [0.2, 0.25) is 0 Å². The molecule has 3 heterocycles. The van der Waals surface area contributed by atoms with Crippen LogP contribution in [0.4, 0.5) is 28.7 Å². The maximum absolute atomic E-state index is 5.50. The van der Waals surface area contributed by atoms with Crippen LogP contribution in [0.25, 0.3) is 0 Å². The zero-order valence-electron chi connectivity index (χ0n) is 16.4. The monoisotopic (exact) mass is 387 g/mol. The second-order valence-electron chi connectivity index (χ2n) is 7.39. The summed E-state index contributed by atoms with van der Waals surface area (Å²) in [5.41, 5.74) is 4.86. The standard InChI is InChI=1S/C23H25N5O/c1-3-9-20-18(6-1)7-5-11-28(20)23-16-22(24-17-25-23)26-19-8-2-4-10-21(19)27-12-14-29-15-13-27/h1-4,6,8-10,16-17H,5,7,11-15H2,(H,24,25,26). The normalized spacial score (nSPS) is 16.4. The highest BCUT2D eigenvalue weighted by molar-refractivity contribution is 5.75. The van der Waals surface area contributed by atoms with Gasteiger partial charge in [-0.2, -0.15) is 0 Å². The van der Waals surface area contributed by atoms with Gasteiger partial charge in [-0.1, -0.05) is 30.3 Å². The largest absolute Gasteiger partial charge is 0.378 e. The molecule has 6 nitrogen and oxygen atoms in total. The fraction of sp³-hybridized carbons (Fsp3) is 0.304. The number of benzene rings is 2. The van der Waals surface area contributed by atoms with E-state index in [0.29, 0.717) is 0 Å². The Kier molecular flexibility index (Phi) is 5.01. The van der Waals surface area contributed by atoms with Crippen LogP contribution in [-0.2, 0) is 11.2 Å². The smallest absolute Gasteiger partial charge is 0.138 e. The lowest BCUT2D eigenvalue weighted by Gasteiger charge is -2.31. The summed E-state index contributed by atoms with van der Waals surface area (Å²) in [5.74, 6) is 1.73. The molecule has 0 bridgehead atoms. The Balaban J connectivity index is 1.42. The van der Waals surface area contributed by atoms with Crippen LogP contribution in [-0.4, -0.2) is 42.8 Å². The van der Waals surface area contributed by atoms with Crippen LogP contribution in [0, 0.1) is 0 Å². The highest BCUT2D eigenvalue weighted by Gasteiger charge is 2.20. The van der Waals surface area contributed by atoms with Crippen molar-refractivity contribution in [2.75, 3.05) is 48.0 Å². The SMILES string of the molecule is c1ccc2c(c1)CCCN2c1cc(Nc2ccccc2N2CCOCC2)ncn1. The number of nitrogens with zero attached hydrogens (tertiary/aromatic N) is 4. The quantitative estimate of drug-likeness (QED) is 0.726. The van der Waals surface area contributed by atoms with Gasteiger partial charge in [0, 0.05) is 31.4 Å². The van der Waals surface area contributed by atoms with Gasteiger partial charge in [-0.3, -0.25) is 0 Å². The number of rotatable bonds is 4. The minimum absolute atomic E-state index is 0.764. The molecule has 0 unspecified atom stereocenters.